The summed E-state index contributed by atoms with van der Waals surface area (Å²) in [6.45, 7) is 2.27. The van der Waals surface area contributed by atoms with Crippen LogP contribution in [0.4, 0.5) is 0 Å². The largest absolute Gasteiger partial charge is 0.504 e. The van der Waals surface area contributed by atoms with Gasteiger partial charge in [-0.1, -0.05) is 12.1 Å². The van der Waals surface area contributed by atoms with Crippen LogP contribution in [0.25, 0.3) is 11.0 Å². The third-order valence-electron chi connectivity index (χ3n) is 4.99. The van der Waals surface area contributed by atoms with E-state index in [0.717, 1.165) is 28.2 Å². The monoisotopic (exact) mass is 444 g/mol. The summed E-state index contributed by atoms with van der Waals surface area (Å²) < 4.78 is 10.5. The third-order valence-corrected chi connectivity index (χ3v) is 4.99. The van der Waals surface area contributed by atoms with E-state index in [-0.39, 0.29) is 11.7 Å². The van der Waals surface area contributed by atoms with Crippen LogP contribution in [0.1, 0.15) is 34.2 Å². The first-order valence-corrected chi connectivity index (χ1v) is 10.5. The Bertz CT molecular complexity index is 1300. The van der Waals surface area contributed by atoms with Crippen molar-refractivity contribution in [2.45, 2.75) is 13.3 Å². The van der Waals surface area contributed by atoms with E-state index in [1.54, 1.807) is 37.4 Å². The second kappa shape index (κ2) is 9.86. The second-order valence-corrected chi connectivity index (χ2v) is 7.30. The molecule has 0 spiro atoms. The number of nitrogens with one attached hydrogen (secondary N) is 2. The van der Waals surface area contributed by atoms with Crippen LogP contribution >= 0.6 is 0 Å². The molecule has 1 aromatic heterocycles. The van der Waals surface area contributed by atoms with Crippen molar-refractivity contribution < 1.29 is 19.4 Å². The highest BCUT2D eigenvalue weighted by atomic mass is 16.5. The van der Waals surface area contributed by atoms with Crippen LogP contribution < -0.4 is 14.9 Å². The Kier molecular flexibility index (Phi) is 6.54. The standard InChI is InChI=1S/C25H24N4O4/c1-3-33-23-12-17(6-11-22(23)30)15-26-29-25(31)18-7-10-20-21(14-18)28-24(27-20)13-16-4-8-19(32-2)9-5-16/h4-12,14-15,30H,3,13H2,1-2H3,(H,27,28)(H,29,31)/b26-15-. The minimum atomic E-state index is -0.344. The van der Waals surface area contributed by atoms with Gasteiger partial charge in [-0.15, -0.1) is 0 Å². The number of amides is 1. The Hall–Kier alpha value is -4.33. The number of aromatic hydroxyl groups is 1. The molecule has 1 amide bonds. The average Bonchev–Trinajstić information content (AvgIpc) is 3.23. The van der Waals surface area contributed by atoms with E-state index in [4.69, 9.17) is 9.47 Å². The van der Waals surface area contributed by atoms with E-state index in [0.29, 0.717) is 29.9 Å². The van der Waals surface area contributed by atoms with Gasteiger partial charge < -0.3 is 19.6 Å². The summed E-state index contributed by atoms with van der Waals surface area (Å²) in [4.78, 5) is 20.4. The van der Waals surface area contributed by atoms with Crippen molar-refractivity contribution in [2.75, 3.05) is 13.7 Å². The van der Waals surface area contributed by atoms with Crippen molar-refractivity contribution in [3.05, 3.63) is 83.2 Å². The molecule has 4 rings (SSSR count). The maximum Gasteiger partial charge on any atom is 0.271 e. The summed E-state index contributed by atoms with van der Waals surface area (Å²) in [5, 5.41) is 13.8. The molecule has 0 aliphatic heterocycles. The van der Waals surface area contributed by atoms with E-state index in [1.807, 2.05) is 31.2 Å². The molecule has 0 bridgehead atoms. The Labute approximate surface area is 190 Å². The molecule has 0 radical (unpaired) electrons. The van der Waals surface area contributed by atoms with Gasteiger partial charge in [0, 0.05) is 12.0 Å². The molecule has 8 nitrogen and oxygen atoms in total. The van der Waals surface area contributed by atoms with E-state index in [1.165, 1.54) is 12.3 Å². The fourth-order valence-electron chi connectivity index (χ4n) is 3.34. The zero-order valence-corrected chi connectivity index (χ0v) is 18.3. The van der Waals surface area contributed by atoms with Crippen molar-refractivity contribution >= 4 is 23.2 Å². The molecular weight excluding hydrogens is 420 g/mol. The average molecular weight is 444 g/mol. The number of aromatic amines is 1. The number of fused-ring (bicyclic) bond motifs is 1. The summed E-state index contributed by atoms with van der Waals surface area (Å²) >= 11 is 0. The third kappa shape index (κ3) is 5.30. The number of carbonyl (C=O) groups is 1. The number of ether oxygens (including phenoxy) is 2. The van der Waals surface area contributed by atoms with Crippen LogP contribution in [-0.4, -0.2) is 40.9 Å². The van der Waals surface area contributed by atoms with Gasteiger partial charge in [0.2, 0.25) is 0 Å². The summed E-state index contributed by atoms with van der Waals surface area (Å²) in [7, 11) is 1.64. The number of H-pyrrole nitrogens is 1. The smallest absolute Gasteiger partial charge is 0.271 e. The first-order valence-electron chi connectivity index (χ1n) is 10.5. The van der Waals surface area contributed by atoms with Gasteiger partial charge in [-0.05, 0) is 66.6 Å². The number of phenolic OH excluding ortho intramolecular Hbond substituents is 1. The van der Waals surface area contributed by atoms with E-state index in [9.17, 15) is 9.90 Å². The molecule has 0 aliphatic carbocycles. The van der Waals surface area contributed by atoms with Crippen LogP contribution in [0.3, 0.4) is 0 Å². The zero-order valence-electron chi connectivity index (χ0n) is 18.3. The van der Waals surface area contributed by atoms with Gasteiger partial charge in [-0.3, -0.25) is 4.79 Å². The number of aromatic nitrogens is 2. The number of hydrazone groups is 1. The number of benzene rings is 3. The number of nitrogens with zero attached hydrogens (tertiary/aromatic N) is 2. The Morgan fingerprint density at radius 3 is 2.73 bits per heavy atom. The molecule has 0 aliphatic rings. The minimum Gasteiger partial charge on any atom is -0.504 e. The van der Waals surface area contributed by atoms with Crippen molar-refractivity contribution in [3.63, 3.8) is 0 Å². The molecule has 33 heavy (non-hydrogen) atoms. The number of carbonyl (C=O) groups excluding carboxylic acids is 1. The highest BCUT2D eigenvalue weighted by Gasteiger charge is 2.09. The normalized spacial score (nSPS) is 11.1. The van der Waals surface area contributed by atoms with E-state index in [2.05, 4.69) is 20.5 Å². The molecule has 4 aromatic rings. The molecule has 3 aromatic carbocycles. The summed E-state index contributed by atoms with van der Waals surface area (Å²) in [5.41, 5.74) is 6.32. The molecule has 168 valence electrons. The predicted octanol–water partition coefficient (Wildman–Crippen LogP) is 4.03. The van der Waals surface area contributed by atoms with Crippen LogP contribution in [0, 0.1) is 0 Å². The number of phenols is 1. The lowest BCUT2D eigenvalue weighted by Crippen LogP contribution is -2.17. The van der Waals surface area contributed by atoms with Crippen LogP contribution in [0.5, 0.6) is 17.2 Å². The number of rotatable bonds is 8. The lowest BCUT2D eigenvalue weighted by Gasteiger charge is -2.06. The molecular formula is C25H24N4O4. The molecule has 3 N–H and O–H groups in total. The quantitative estimate of drug-likeness (QED) is 0.281. The number of hydrogen-bond acceptors (Lipinski definition) is 6. The van der Waals surface area contributed by atoms with Crippen LogP contribution in [0.15, 0.2) is 65.8 Å². The molecule has 8 heteroatoms. The highest BCUT2D eigenvalue weighted by molar-refractivity contribution is 5.97. The highest BCUT2D eigenvalue weighted by Crippen LogP contribution is 2.26. The maximum atomic E-state index is 12.5. The van der Waals surface area contributed by atoms with Gasteiger partial charge in [0.1, 0.15) is 11.6 Å². The van der Waals surface area contributed by atoms with E-state index >= 15 is 0 Å². The first kappa shape index (κ1) is 21.9. The van der Waals surface area contributed by atoms with Gasteiger partial charge in [-0.25, -0.2) is 10.4 Å². The molecule has 0 saturated carbocycles. The molecule has 0 atom stereocenters. The molecule has 0 unspecified atom stereocenters. The summed E-state index contributed by atoms with van der Waals surface area (Å²) in [5.74, 6) is 1.69. The van der Waals surface area contributed by atoms with Crippen molar-refractivity contribution in [2.24, 2.45) is 5.10 Å². The number of imidazole rings is 1. The lowest BCUT2D eigenvalue weighted by atomic mass is 10.1. The van der Waals surface area contributed by atoms with Gasteiger partial charge >= 0.3 is 0 Å². The van der Waals surface area contributed by atoms with E-state index < -0.39 is 0 Å². The van der Waals surface area contributed by atoms with Gasteiger partial charge in [-0.2, -0.15) is 5.10 Å². The molecule has 0 fully saturated rings. The zero-order chi connectivity index (χ0) is 23.2. The summed E-state index contributed by atoms with van der Waals surface area (Å²) in [6.07, 6.45) is 2.13. The van der Waals surface area contributed by atoms with Crippen LogP contribution in [0.2, 0.25) is 0 Å². The van der Waals surface area contributed by atoms with Gasteiger partial charge in [0.15, 0.2) is 11.5 Å². The SMILES string of the molecule is CCOc1cc(/C=N\NC(=O)c2ccc3nc(Cc4ccc(OC)cc4)[nH]c3c2)ccc1O. The van der Waals surface area contributed by atoms with Crippen molar-refractivity contribution in [3.8, 4) is 17.2 Å². The number of hydrogen-bond donors (Lipinski definition) is 3. The maximum absolute atomic E-state index is 12.5. The predicted molar refractivity (Wildman–Crippen MR) is 126 cm³/mol. The fraction of sp³-hybridized carbons (Fsp3) is 0.160. The molecule has 1 heterocycles. The summed E-state index contributed by atoms with van der Waals surface area (Å²) in [6, 6.07) is 17.9. The van der Waals surface area contributed by atoms with Gasteiger partial charge in [0.25, 0.3) is 5.91 Å². The van der Waals surface area contributed by atoms with Gasteiger partial charge in [0.05, 0.1) is 31.0 Å². The topological polar surface area (TPSA) is 109 Å². The van der Waals surface area contributed by atoms with Crippen molar-refractivity contribution in [1.29, 1.82) is 0 Å². The lowest BCUT2D eigenvalue weighted by molar-refractivity contribution is 0.0955. The minimum absolute atomic E-state index is 0.0530. The Morgan fingerprint density at radius 1 is 1.15 bits per heavy atom. The second-order valence-electron chi connectivity index (χ2n) is 7.30. The first-order chi connectivity index (χ1) is 16.1. The number of methoxy groups -OCH3 is 1. The molecule has 0 saturated heterocycles. The fourth-order valence-corrected chi connectivity index (χ4v) is 3.34. The Balaban J connectivity index is 1.43. The Morgan fingerprint density at radius 2 is 1.97 bits per heavy atom. The van der Waals surface area contributed by atoms with Crippen LogP contribution in [-0.2, 0) is 6.42 Å². The van der Waals surface area contributed by atoms with Crippen molar-refractivity contribution in [1.82, 2.24) is 15.4 Å².